The molecule has 0 N–H and O–H groups in total. The topological polar surface area (TPSA) is 63.0 Å². The van der Waals surface area contributed by atoms with E-state index < -0.39 is 5.97 Å². The van der Waals surface area contributed by atoms with Gasteiger partial charge in [-0.15, -0.1) is 0 Å². The standard InChI is InChI=1S/C11H7ClN2O2/c1-16-10(15)4-2-3-9-5-8(6-13)7-14-11(9)12/h5,7H,4H2,1H3. The zero-order valence-corrected chi connectivity index (χ0v) is 9.21. The van der Waals surface area contributed by atoms with E-state index in [-0.39, 0.29) is 11.6 Å². The van der Waals surface area contributed by atoms with Crippen molar-refractivity contribution < 1.29 is 9.53 Å². The first-order valence-corrected chi connectivity index (χ1v) is 4.66. The van der Waals surface area contributed by atoms with Gasteiger partial charge in [0.25, 0.3) is 0 Å². The first-order chi connectivity index (χ1) is 7.67. The van der Waals surface area contributed by atoms with E-state index in [0.29, 0.717) is 11.1 Å². The highest BCUT2D eigenvalue weighted by atomic mass is 35.5. The predicted molar refractivity (Wildman–Crippen MR) is 57.5 cm³/mol. The lowest BCUT2D eigenvalue weighted by molar-refractivity contribution is -0.139. The van der Waals surface area contributed by atoms with Crippen LogP contribution in [0.2, 0.25) is 5.15 Å². The summed E-state index contributed by atoms with van der Waals surface area (Å²) in [6.45, 7) is 0. The predicted octanol–water partition coefficient (Wildman–Crippen LogP) is 1.52. The lowest BCUT2D eigenvalue weighted by atomic mass is 10.2. The number of methoxy groups -OCH3 is 1. The molecule has 5 heteroatoms. The number of esters is 1. The van der Waals surface area contributed by atoms with Crippen LogP contribution in [0.4, 0.5) is 0 Å². The van der Waals surface area contributed by atoms with Crippen LogP contribution in [-0.4, -0.2) is 18.1 Å². The second-order valence-electron chi connectivity index (χ2n) is 2.73. The zero-order valence-electron chi connectivity index (χ0n) is 8.45. The van der Waals surface area contributed by atoms with Gasteiger partial charge in [0.15, 0.2) is 0 Å². The van der Waals surface area contributed by atoms with Gasteiger partial charge in [-0.2, -0.15) is 5.26 Å². The van der Waals surface area contributed by atoms with Crippen molar-refractivity contribution in [3.05, 3.63) is 28.5 Å². The van der Waals surface area contributed by atoms with E-state index in [2.05, 4.69) is 21.6 Å². The molecule has 0 bridgehead atoms. The second kappa shape index (κ2) is 5.75. The highest BCUT2D eigenvalue weighted by Crippen LogP contribution is 2.12. The molecule has 0 radical (unpaired) electrons. The Bertz CT molecular complexity index is 509. The van der Waals surface area contributed by atoms with Crippen molar-refractivity contribution in [2.45, 2.75) is 6.42 Å². The summed E-state index contributed by atoms with van der Waals surface area (Å²) in [5, 5.41) is 8.85. The average Bonchev–Trinajstić information content (AvgIpc) is 2.31. The van der Waals surface area contributed by atoms with Gasteiger partial charge < -0.3 is 4.74 Å². The summed E-state index contributed by atoms with van der Waals surface area (Å²) in [4.78, 5) is 14.6. The molecule has 0 aromatic carbocycles. The van der Waals surface area contributed by atoms with Gasteiger partial charge in [-0.1, -0.05) is 23.4 Å². The molecular formula is C11H7ClN2O2. The molecule has 4 nitrogen and oxygen atoms in total. The van der Waals surface area contributed by atoms with Crippen LogP contribution in [0.25, 0.3) is 0 Å². The number of nitriles is 1. The minimum Gasteiger partial charge on any atom is -0.468 e. The van der Waals surface area contributed by atoms with Crippen LogP contribution >= 0.6 is 11.6 Å². The SMILES string of the molecule is COC(=O)CC#Cc1cc(C#N)cnc1Cl. The van der Waals surface area contributed by atoms with Crippen LogP contribution in [0, 0.1) is 23.2 Å². The van der Waals surface area contributed by atoms with Gasteiger partial charge in [0, 0.05) is 6.20 Å². The van der Waals surface area contributed by atoms with Crippen molar-refractivity contribution in [3.8, 4) is 17.9 Å². The molecule has 1 rings (SSSR count). The molecule has 1 aromatic rings. The van der Waals surface area contributed by atoms with E-state index in [0.717, 1.165) is 0 Å². The van der Waals surface area contributed by atoms with E-state index in [1.165, 1.54) is 19.4 Å². The van der Waals surface area contributed by atoms with Gasteiger partial charge in [0.2, 0.25) is 0 Å². The monoisotopic (exact) mass is 234 g/mol. The maximum absolute atomic E-state index is 10.8. The molecule has 0 amide bonds. The molecule has 1 aromatic heterocycles. The van der Waals surface area contributed by atoms with Crippen LogP contribution in [0.3, 0.4) is 0 Å². The Morgan fingerprint density at radius 1 is 1.69 bits per heavy atom. The van der Waals surface area contributed by atoms with Gasteiger partial charge in [0.1, 0.15) is 17.6 Å². The summed E-state index contributed by atoms with van der Waals surface area (Å²) in [5.41, 5.74) is 0.788. The van der Waals surface area contributed by atoms with Crippen LogP contribution in [-0.2, 0) is 9.53 Å². The number of hydrogen-bond donors (Lipinski definition) is 0. The third-order valence-electron chi connectivity index (χ3n) is 1.65. The lowest BCUT2D eigenvalue weighted by Crippen LogP contribution is -1.97. The minimum absolute atomic E-state index is 0.0242. The third kappa shape index (κ3) is 3.27. The van der Waals surface area contributed by atoms with Crippen molar-refractivity contribution >= 4 is 17.6 Å². The molecule has 0 saturated heterocycles. The van der Waals surface area contributed by atoms with Crippen molar-refractivity contribution in [2.24, 2.45) is 0 Å². The summed E-state index contributed by atoms with van der Waals surface area (Å²) in [5.74, 6) is 4.82. The summed E-state index contributed by atoms with van der Waals surface area (Å²) in [6, 6.07) is 3.44. The molecule has 0 saturated carbocycles. The molecule has 0 aliphatic heterocycles. The normalized spacial score (nSPS) is 8.56. The number of pyridine rings is 1. The van der Waals surface area contributed by atoms with Crippen molar-refractivity contribution in [2.75, 3.05) is 7.11 Å². The first kappa shape index (κ1) is 12.0. The molecule has 0 unspecified atom stereocenters. The Morgan fingerprint density at radius 3 is 3.06 bits per heavy atom. The first-order valence-electron chi connectivity index (χ1n) is 4.28. The van der Waals surface area contributed by atoms with E-state index in [9.17, 15) is 4.79 Å². The van der Waals surface area contributed by atoms with Crippen LogP contribution in [0.5, 0.6) is 0 Å². The Morgan fingerprint density at radius 2 is 2.44 bits per heavy atom. The average molecular weight is 235 g/mol. The zero-order chi connectivity index (χ0) is 12.0. The number of ether oxygens (including phenoxy) is 1. The Hall–Kier alpha value is -2.04. The molecule has 1 heterocycles. The van der Waals surface area contributed by atoms with Crippen LogP contribution in [0.1, 0.15) is 17.5 Å². The Balaban J connectivity index is 2.88. The number of carbonyl (C=O) groups excluding carboxylic acids is 1. The fourth-order valence-corrected chi connectivity index (χ4v) is 1.03. The summed E-state index contributed by atoms with van der Waals surface area (Å²) >= 11 is 5.76. The van der Waals surface area contributed by atoms with Crippen molar-refractivity contribution in [1.82, 2.24) is 4.98 Å². The van der Waals surface area contributed by atoms with E-state index >= 15 is 0 Å². The number of carbonyl (C=O) groups is 1. The smallest absolute Gasteiger partial charge is 0.317 e. The molecule has 0 atom stereocenters. The molecule has 0 aliphatic carbocycles. The maximum atomic E-state index is 10.8. The van der Waals surface area contributed by atoms with Gasteiger partial charge in [-0.25, -0.2) is 4.98 Å². The molecule has 80 valence electrons. The third-order valence-corrected chi connectivity index (χ3v) is 1.95. The molecule has 0 spiro atoms. The molecule has 16 heavy (non-hydrogen) atoms. The van der Waals surface area contributed by atoms with Gasteiger partial charge >= 0.3 is 5.97 Å². The van der Waals surface area contributed by atoms with Gasteiger partial charge in [-0.3, -0.25) is 4.79 Å². The largest absolute Gasteiger partial charge is 0.468 e. The molecule has 0 fully saturated rings. The fraction of sp³-hybridized carbons (Fsp3) is 0.182. The fourth-order valence-electron chi connectivity index (χ4n) is 0.881. The molecule has 0 aliphatic rings. The van der Waals surface area contributed by atoms with Crippen LogP contribution in [0.15, 0.2) is 12.3 Å². The van der Waals surface area contributed by atoms with Crippen molar-refractivity contribution in [1.29, 1.82) is 5.26 Å². The highest BCUT2D eigenvalue weighted by Gasteiger charge is 2.00. The summed E-state index contributed by atoms with van der Waals surface area (Å²) in [6.07, 6.45) is 1.33. The number of nitrogens with zero attached hydrogens (tertiary/aromatic N) is 2. The number of rotatable bonds is 1. The summed E-state index contributed by atoms with van der Waals surface area (Å²) in [7, 11) is 1.29. The number of halogens is 1. The summed E-state index contributed by atoms with van der Waals surface area (Å²) < 4.78 is 4.42. The van der Waals surface area contributed by atoms with E-state index in [1.54, 1.807) is 0 Å². The Labute approximate surface area is 97.8 Å². The van der Waals surface area contributed by atoms with E-state index in [4.69, 9.17) is 16.9 Å². The Kier molecular flexibility index (Phi) is 4.32. The quantitative estimate of drug-likeness (QED) is 0.420. The van der Waals surface area contributed by atoms with Crippen molar-refractivity contribution in [3.63, 3.8) is 0 Å². The number of aromatic nitrogens is 1. The maximum Gasteiger partial charge on any atom is 0.317 e. The van der Waals surface area contributed by atoms with E-state index in [1.807, 2.05) is 6.07 Å². The van der Waals surface area contributed by atoms with Gasteiger partial charge in [-0.05, 0) is 6.07 Å². The lowest BCUT2D eigenvalue weighted by Gasteiger charge is -1.94. The van der Waals surface area contributed by atoms with Gasteiger partial charge in [0.05, 0.1) is 18.2 Å². The second-order valence-corrected chi connectivity index (χ2v) is 3.09. The number of hydrogen-bond acceptors (Lipinski definition) is 4. The minimum atomic E-state index is -0.423. The highest BCUT2D eigenvalue weighted by molar-refractivity contribution is 6.30. The van der Waals surface area contributed by atoms with Crippen LogP contribution < -0.4 is 0 Å². The molecular weight excluding hydrogens is 228 g/mol.